The fourth-order valence-electron chi connectivity index (χ4n) is 3.66. The van der Waals surface area contributed by atoms with E-state index in [0.29, 0.717) is 0 Å². The largest absolute Gasteiger partial charge is 0.378 e. The molecule has 26 heavy (non-hydrogen) atoms. The van der Waals surface area contributed by atoms with Gasteiger partial charge in [0.05, 0.1) is 0 Å². The van der Waals surface area contributed by atoms with E-state index in [1.165, 1.54) is 116 Å². The molecule has 0 amide bonds. The zero-order valence-electron chi connectivity index (χ0n) is 18.6. The highest BCUT2D eigenvalue weighted by atomic mass is 16.3. The molecule has 0 aromatic heterocycles. The summed E-state index contributed by atoms with van der Waals surface area (Å²) in [5, 5.41) is 9.70. The molecule has 2 heteroatoms. The van der Waals surface area contributed by atoms with Crippen LogP contribution >= 0.6 is 0 Å². The first-order chi connectivity index (χ1) is 12.7. The maximum atomic E-state index is 9.70. The molecule has 0 aliphatic carbocycles. The topological polar surface area (TPSA) is 23.5 Å². The molecule has 0 aliphatic heterocycles. The number of hydrogen-bond acceptors (Lipinski definition) is 2. The minimum Gasteiger partial charge on any atom is -0.378 e. The Morgan fingerprint density at radius 2 is 0.769 bits per heavy atom. The third-order valence-electron chi connectivity index (χ3n) is 5.66. The molecule has 0 aromatic rings. The molecule has 0 heterocycles. The number of hydrogen-bond donors (Lipinski definition) is 1. The first kappa shape index (κ1) is 25.9. The predicted molar refractivity (Wildman–Crippen MR) is 118 cm³/mol. The van der Waals surface area contributed by atoms with Crippen LogP contribution in [0.4, 0.5) is 0 Å². The maximum absolute atomic E-state index is 9.70. The highest BCUT2D eigenvalue weighted by molar-refractivity contribution is 4.54. The highest BCUT2D eigenvalue weighted by Gasteiger charge is 2.04. The second-order valence-corrected chi connectivity index (χ2v) is 8.60. The Bertz CT molecular complexity index is 255. The lowest BCUT2D eigenvalue weighted by molar-refractivity contribution is 0.0313. The Labute approximate surface area is 166 Å². The van der Waals surface area contributed by atoms with Crippen LogP contribution in [0, 0.1) is 0 Å². The van der Waals surface area contributed by atoms with E-state index < -0.39 is 0 Å². The molecule has 0 aromatic carbocycles. The van der Waals surface area contributed by atoms with Crippen LogP contribution in [0.5, 0.6) is 0 Å². The maximum Gasteiger partial charge on any atom is 0.106 e. The van der Waals surface area contributed by atoms with Crippen LogP contribution in [-0.4, -0.2) is 30.3 Å². The van der Waals surface area contributed by atoms with Crippen molar-refractivity contribution in [3.63, 3.8) is 0 Å². The summed E-state index contributed by atoms with van der Waals surface area (Å²) < 4.78 is 0. The van der Waals surface area contributed by atoms with E-state index in [0.717, 1.165) is 12.8 Å². The van der Waals surface area contributed by atoms with Gasteiger partial charge in [-0.1, -0.05) is 122 Å². The molecule has 0 spiro atoms. The minimum absolute atomic E-state index is 0.249. The van der Waals surface area contributed by atoms with Gasteiger partial charge in [0.15, 0.2) is 0 Å². The molecule has 0 rings (SSSR count). The summed E-state index contributed by atoms with van der Waals surface area (Å²) in [6.07, 6.45) is 27.6. The molecule has 0 saturated heterocycles. The number of rotatable bonds is 21. The summed E-state index contributed by atoms with van der Waals surface area (Å²) in [6.45, 7) is 2.29. The SMILES string of the molecule is CCCCCCCCCCCCCCCCCCCCCC(O)N(C)C. The first-order valence-electron chi connectivity index (χ1n) is 12.0. The number of unbranched alkanes of at least 4 members (excludes halogenated alkanes) is 18. The smallest absolute Gasteiger partial charge is 0.106 e. The van der Waals surface area contributed by atoms with Gasteiger partial charge in [-0.3, -0.25) is 4.90 Å². The van der Waals surface area contributed by atoms with Crippen molar-refractivity contribution in [1.29, 1.82) is 0 Å². The summed E-state index contributed by atoms with van der Waals surface area (Å²) in [5.41, 5.74) is 0. The Morgan fingerprint density at radius 1 is 0.500 bits per heavy atom. The lowest BCUT2D eigenvalue weighted by Crippen LogP contribution is -2.27. The molecule has 0 bridgehead atoms. The third-order valence-corrected chi connectivity index (χ3v) is 5.66. The summed E-state index contributed by atoms with van der Waals surface area (Å²) in [4.78, 5) is 1.90. The van der Waals surface area contributed by atoms with Crippen molar-refractivity contribution in [3.05, 3.63) is 0 Å². The molecular weight excluding hydrogens is 318 g/mol. The summed E-state index contributed by atoms with van der Waals surface area (Å²) >= 11 is 0. The minimum atomic E-state index is -0.249. The Hall–Kier alpha value is -0.0800. The number of aliphatic hydroxyl groups excluding tert-OH is 1. The summed E-state index contributed by atoms with van der Waals surface area (Å²) in [7, 11) is 3.89. The number of nitrogens with zero attached hydrogens (tertiary/aromatic N) is 1. The fraction of sp³-hybridized carbons (Fsp3) is 1.00. The zero-order chi connectivity index (χ0) is 19.3. The van der Waals surface area contributed by atoms with Gasteiger partial charge in [0.1, 0.15) is 6.23 Å². The van der Waals surface area contributed by atoms with Crippen molar-refractivity contribution in [1.82, 2.24) is 4.90 Å². The third kappa shape index (κ3) is 20.2. The molecule has 1 atom stereocenters. The van der Waals surface area contributed by atoms with Gasteiger partial charge in [0.2, 0.25) is 0 Å². The second kappa shape index (κ2) is 21.2. The summed E-state index contributed by atoms with van der Waals surface area (Å²) in [5.74, 6) is 0. The molecule has 0 aliphatic rings. The van der Waals surface area contributed by atoms with E-state index in [9.17, 15) is 5.11 Å². The fourth-order valence-corrected chi connectivity index (χ4v) is 3.66. The molecule has 0 radical (unpaired) electrons. The van der Waals surface area contributed by atoms with Crippen molar-refractivity contribution < 1.29 is 5.11 Å². The molecular formula is C24H51NO. The monoisotopic (exact) mass is 369 g/mol. The van der Waals surface area contributed by atoms with Crippen LogP contribution in [-0.2, 0) is 0 Å². The molecule has 1 N–H and O–H groups in total. The van der Waals surface area contributed by atoms with Gasteiger partial charge in [0, 0.05) is 0 Å². The second-order valence-electron chi connectivity index (χ2n) is 8.60. The average Bonchev–Trinajstić information content (AvgIpc) is 2.63. The standard InChI is InChI=1S/C24H51NO/c1-4-5-6-7-8-9-10-11-12-13-14-15-16-17-18-19-20-21-22-23-24(26)25(2)3/h24,26H,4-23H2,1-3H3. The van der Waals surface area contributed by atoms with Crippen molar-refractivity contribution in [2.45, 2.75) is 142 Å². The van der Waals surface area contributed by atoms with Gasteiger partial charge >= 0.3 is 0 Å². The van der Waals surface area contributed by atoms with E-state index >= 15 is 0 Å². The van der Waals surface area contributed by atoms with Crippen LogP contribution in [0.2, 0.25) is 0 Å². The van der Waals surface area contributed by atoms with Crippen molar-refractivity contribution in [3.8, 4) is 0 Å². The Kier molecular flexibility index (Phi) is 21.2. The van der Waals surface area contributed by atoms with Gasteiger partial charge in [-0.25, -0.2) is 0 Å². The van der Waals surface area contributed by atoms with E-state index in [4.69, 9.17) is 0 Å². The molecule has 2 nitrogen and oxygen atoms in total. The lowest BCUT2D eigenvalue weighted by atomic mass is 10.0. The zero-order valence-corrected chi connectivity index (χ0v) is 18.6. The van der Waals surface area contributed by atoms with Crippen molar-refractivity contribution in [2.75, 3.05) is 14.1 Å². The Morgan fingerprint density at radius 3 is 1.04 bits per heavy atom. The van der Waals surface area contributed by atoms with Crippen LogP contribution in [0.25, 0.3) is 0 Å². The average molecular weight is 370 g/mol. The van der Waals surface area contributed by atoms with Crippen LogP contribution in [0.3, 0.4) is 0 Å². The van der Waals surface area contributed by atoms with E-state index in [2.05, 4.69) is 6.92 Å². The van der Waals surface area contributed by atoms with Gasteiger partial charge in [-0.05, 0) is 26.9 Å². The van der Waals surface area contributed by atoms with Gasteiger partial charge in [0.25, 0.3) is 0 Å². The molecule has 0 saturated carbocycles. The quantitative estimate of drug-likeness (QED) is 0.165. The highest BCUT2D eigenvalue weighted by Crippen LogP contribution is 2.15. The first-order valence-corrected chi connectivity index (χ1v) is 12.0. The molecule has 158 valence electrons. The Balaban J connectivity index is 3.03. The van der Waals surface area contributed by atoms with E-state index in [1.54, 1.807) is 0 Å². The van der Waals surface area contributed by atoms with Crippen LogP contribution in [0.15, 0.2) is 0 Å². The van der Waals surface area contributed by atoms with Gasteiger partial charge in [-0.15, -0.1) is 0 Å². The lowest BCUT2D eigenvalue weighted by Gasteiger charge is -2.17. The van der Waals surface area contributed by atoms with Crippen LogP contribution in [0.1, 0.15) is 135 Å². The summed E-state index contributed by atoms with van der Waals surface area (Å²) in [6, 6.07) is 0. The van der Waals surface area contributed by atoms with Crippen molar-refractivity contribution >= 4 is 0 Å². The van der Waals surface area contributed by atoms with E-state index in [-0.39, 0.29) is 6.23 Å². The van der Waals surface area contributed by atoms with Crippen molar-refractivity contribution in [2.24, 2.45) is 0 Å². The molecule has 0 fully saturated rings. The van der Waals surface area contributed by atoms with Gasteiger partial charge in [-0.2, -0.15) is 0 Å². The van der Waals surface area contributed by atoms with E-state index in [1.807, 2.05) is 19.0 Å². The van der Waals surface area contributed by atoms with Gasteiger partial charge < -0.3 is 5.11 Å². The van der Waals surface area contributed by atoms with Crippen LogP contribution < -0.4 is 0 Å². The predicted octanol–water partition coefficient (Wildman–Crippen LogP) is 7.69. The number of aliphatic hydroxyl groups is 1. The normalized spacial score (nSPS) is 12.8. The molecule has 1 unspecified atom stereocenters.